The minimum Gasteiger partial charge on any atom is -0.488 e. The van der Waals surface area contributed by atoms with E-state index in [1.54, 1.807) is 23.1 Å². The molecule has 6 heterocycles. The Balaban J connectivity index is 0.877. The summed E-state index contributed by atoms with van der Waals surface area (Å²) in [6.45, 7) is 10.7. The number of sulfonamides is 1. The molecule has 1 aliphatic carbocycles. The molecule has 10 rings (SSSR count). The van der Waals surface area contributed by atoms with Crippen molar-refractivity contribution < 1.29 is 27.1 Å². The molecule has 1 amide bonds. The molecule has 0 unspecified atom stereocenters. The van der Waals surface area contributed by atoms with Crippen molar-refractivity contribution in [3.8, 4) is 11.4 Å². The van der Waals surface area contributed by atoms with Gasteiger partial charge in [0.15, 0.2) is 5.69 Å². The summed E-state index contributed by atoms with van der Waals surface area (Å²) in [6, 6.07) is 21.1. The van der Waals surface area contributed by atoms with Gasteiger partial charge in [0.2, 0.25) is 0 Å². The average Bonchev–Trinajstić information content (AvgIpc) is 3.95. The molecule has 18 heteroatoms. The summed E-state index contributed by atoms with van der Waals surface area (Å²) in [6.07, 6.45) is 7.08. The van der Waals surface area contributed by atoms with E-state index in [9.17, 15) is 18.1 Å². The number of amides is 1. The highest BCUT2D eigenvalue weighted by Gasteiger charge is 2.39. The summed E-state index contributed by atoms with van der Waals surface area (Å²) >= 11 is 6.26. The quantitative estimate of drug-likeness (QED) is 0.107. The number of pyridine rings is 1. The number of nitrogens with zero attached hydrogens (tertiary/aromatic N) is 7. The van der Waals surface area contributed by atoms with Gasteiger partial charge in [0.25, 0.3) is 15.9 Å². The third-order valence-corrected chi connectivity index (χ3v) is 15.5. The van der Waals surface area contributed by atoms with Gasteiger partial charge in [0, 0.05) is 68.1 Å². The summed E-state index contributed by atoms with van der Waals surface area (Å²) in [5.41, 5.74) is 5.50. The van der Waals surface area contributed by atoms with Crippen molar-refractivity contribution >= 4 is 66.5 Å². The van der Waals surface area contributed by atoms with E-state index in [4.69, 9.17) is 26.1 Å². The number of rotatable bonds is 13. The van der Waals surface area contributed by atoms with Crippen LogP contribution in [0, 0.1) is 10.3 Å². The van der Waals surface area contributed by atoms with Crippen molar-refractivity contribution in [2.24, 2.45) is 10.6 Å². The fourth-order valence-electron chi connectivity index (χ4n) is 9.77. The lowest BCUT2D eigenvalue weighted by Crippen LogP contribution is -2.55. The van der Waals surface area contributed by atoms with Crippen LogP contribution in [0.1, 0.15) is 61.9 Å². The lowest BCUT2D eigenvalue weighted by molar-refractivity contribution is -0.0890. The van der Waals surface area contributed by atoms with Crippen LogP contribution in [0.4, 0.5) is 15.8 Å². The zero-order chi connectivity index (χ0) is 46.5. The third-order valence-electron chi connectivity index (χ3n) is 13.9. The van der Waals surface area contributed by atoms with Gasteiger partial charge in [-0.3, -0.25) is 14.6 Å². The fourth-order valence-corrected chi connectivity index (χ4v) is 10.9. The molecule has 3 aromatic heterocycles. The monoisotopic (exact) mass is 949 g/mol. The first-order valence-corrected chi connectivity index (χ1v) is 24.7. The van der Waals surface area contributed by atoms with Crippen molar-refractivity contribution in [2.75, 3.05) is 70.5 Å². The molecule has 3 fully saturated rings. The lowest BCUT2D eigenvalue weighted by Gasteiger charge is -2.43. The number of halogens is 2. The number of allylic oxidation sites excluding steroid dienone is 1. The molecule has 0 atom stereocenters. The van der Waals surface area contributed by atoms with E-state index in [1.165, 1.54) is 28.8 Å². The van der Waals surface area contributed by atoms with E-state index < -0.39 is 21.6 Å². The van der Waals surface area contributed by atoms with Gasteiger partial charge in [-0.05, 0) is 114 Å². The van der Waals surface area contributed by atoms with Gasteiger partial charge < -0.3 is 19.4 Å². The van der Waals surface area contributed by atoms with Crippen molar-refractivity contribution in [1.82, 2.24) is 34.3 Å². The number of nitrogens with one attached hydrogen (secondary N) is 2. The molecule has 4 aliphatic rings. The van der Waals surface area contributed by atoms with Crippen molar-refractivity contribution in [3.05, 3.63) is 112 Å². The molecular weight excluding hydrogens is 897 g/mol. The Morgan fingerprint density at radius 1 is 0.985 bits per heavy atom. The smallest absolute Gasteiger partial charge is 0.267 e. The number of likely N-dealkylation sites (tertiary alicyclic amines) is 1. The highest BCUT2D eigenvalue weighted by molar-refractivity contribution is 7.90. The number of aromatic nitrogens is 4. The SMILES string of the molecule is CC1(C)CCC(CN2CCN(c3ccc(C(=O)NS(=O)(=O)c4ccc(OCC5(F)CCN(C6COC6)CC5)c(N=O)c4)c(-n4ncc5nc6[nH]ccc6cc54)c3)CC2)=C(c2ccc(Cl)cc2)C1. The molecule has 350 valence electrons. The van der Waals surface area contributed by atoms with Gasteiger partial charge in [-0.1, -0.05) is 43.2 Å². The van der Waals surface area contributed by atoms with Gasteiger partial charge in [0.1, 0.15) is 29.2 Å². The number of anilines is 1. The molecule has 6 aromatic rings. The molecule has 15 nitrogen and oxygen atoms in total. The summed E-state index contributed by atoms with van der Waals surface area (Å²) in [5.74, 6) is -0.967. The average molecular weight is 951 g/mol. The number of alkyl halides is 1. The molecule has 3 aromatic carbocycles. The standard InChI is InChI=1S/C49H53ClFN9O6S/c1-48(2)13-11-34(40(26-48)32-3-5-35(50)6-4-32)28-57-19-21-59(22-20-57)36-7-9-39(43(24-36)60-44-23-33-12-16-52-46(33)54-42(44)27-53-60)47(61)56-67(63,64)38-8-10-45(41(25-38)55-62)66-31-49(51)14-17-58(18-15-49)37-29-65-30-37/h3-10,12,16,23-25,27,37H,11,13-15,17-22,26,28-31H2,1-2H3,(H,52,54)(H,56,61). The number of carbonyl (C=O) groups excluding carboxylic acids is 1. The zero-order valence-corrected chi connectivity index (χ0v) is 39.1. The van der Waals surface area contributed by atoms with Crippen LogP contribution in [0.5, 0.6) is 5.75 Å². The second-order valence-corrected chi connectivity index (χ2v) is 21.2. The van der Waals surface area contributed by atoms with Crippen LogP contribution in [0.3, 0.4) is 0 Å². The first kappa shape index (κ1) is 45.1. The van der Waals surface area contributed by atoms with Crippen molar-refractivity contribution in [3.63, 3.8) is 0 Å². The Labute approximate surface area is 393 Å². The summed E-state index contributed by atoms with van der Waals surface area (Å²) < 4.78 is 58.3. The van der Waals surface area contributed by atoms with E-state index in [2.05, 4.69) is 60.7 Å². The Hall–Kier alpha value is -5.72. The van der Waals surface area contributed by atoms with Crippen LogP contribution in [-0.2, 0) is 14.8 Å². The van der Waals surface area contributed by atoms with E-state index in [0.29, 0.717) is 54.7 Å². The van der Waals surface area contributed by atoms with Crippen LogP contribution >= 0.6 is 11.6 Å². The molecule has 2 N–H and O–H groups in total. The molecule has 3 saturated heterocycles. The summed E-state index contributed by atoms with van der Waals surface area (Å²) in [5, 5.41) is 9.22. The maximum absolute atomic E-state index is 15.8. The van der Waals surface area contributed by atoms with Crippen molar-refractivity contribution in [2.45, 2.75) is 62.6 Å². The second-order valence-electron chi connectivity index (χ2n) is 19.1. The van der Waals surface area contributed by atoms with E-state index in [1.807, 2.05) is 36.4 Å². The largest absolute Gasteiger partial charge is 0.488 e. The number of hydrogen-bond acceptors (Lipinski definition) is 12. The Bertz CT molecular complexity index is 2990. The van der Waals surface area contributed by atoms with Crippen LogP contribution in [-0.4, -0.2) is 121 Å². The summed E-state index contributed by atoms with van der Waals surface area (Å²) in [7, 11) is -4.56. The number of aromatic amines is 1. The first-order chi connectivity index (χ1) is 32.2. The number of hydrogen-bond donors (Lipinski definition) is 2. The van der Waals surface area contributed by atoms with Crippen LogP contribution in [0.15, 0.2) is 101 Å². The summed E-state index contributed by atoms with van der Waals surface area (Å²) in [4.78, 5) is 40.7. The molecule has 0 saturated carbocycles. The van der Waals surface area contributed by atoms with Crippen molar-refractivity contribution in [1.29, 1.82) is 0 Å². The molecule has 0 radical (unpaired) electrons. The fraction of sp³-hybridized carbons (Fsp3) is 0.408. The number of carbonyl (C=O) groups is 1. The molecule has 67 heavy (non-hydrogen) atoms. The number of nitroso groups, excluding NO2 is 1. The minimum atomic E-state index is -4.56. The van der Waals surface area contributed by atoms with E-state index in [-0.39, 0.29) is 46.8 Å². The van der Waals surface area contributed by atoms with E-state index >= 15 is 4.39 Å². The number of piperazine rings is 1. The van der Waals surface area contributed by atoms with Gasteiger partial charge in [-0.15, -0.1) is 4.91 Å². The third kappa shape index (κ3) is 9.44. The predicted octanol–water partition coefficient (Wildman–Crippen LogP) is 8.44. The first-order valence-electron chi connectivity index (χ1n) is 22.8. The van der Waals surface area contributed by atoms with Gasteiger partial charge >= 0.3 is 0 Å². The second kappa shape index (κ2) is 18.1. The lowest BCUT2D eigenvalue weighted by atomic mass is 9.72. The van der Waals surface area contributed by atoms with Crippen LogP contribution in [0.25, 0.3) is 33.3 Å². The van der Waals surface area contributed by atoms with Crippen LogP contribution < -0.4 is 14.4 Å². The highest BCUT2D eigenvalue weighted by Crippen LogP contribution is 2.44. The van der Waals surface area contributed by atoms with Crippen LogP contribution in [0.2, 0.25) is 5.02 Å². The van der Waals surface area contributed by atoms with Gasteiger partial charge in [-0.25, -0.2) is 27.2 Å². The number of ether oxygens (including phenoxy) is 2. The number of fused-ring (bicyclic) bond motifs is 2. The number of benzene rings is 3. The predicted molar refractivity (Wildman–Crippen MR) is 257 cm³/mol. The molecule has 3 aliphatic heterocycles. The van der Waals surface area contributed by atoms with Gasteiger partial charge in [-0.2, -0.15) is 5.10 Å². The maximum Gasteiger partial charge on any atom is 0.267 e. The Morgan fingerprint density at radius 3 is 2.49 bits per heavy atom. The Morgan fingerprint density at radius 2 is 1.76 bits per heavy atom. The minimum absolute atomic E-state index is 0.0461. The van der Waals surface area contributed by atoms with E-state index in [0.717, 1.165) is 74.1 Å². The van der Waals surface area contributed by atoms with Gasteiger partial charge in [0.05, 0.1) is 47.1 Å². The molecule has 0 spiro atoms. The topological polar surface area (TPSA) is 167 Å². The zero-order valence-electron chi connectivity index (χ0n) is 37.5. The number of piperidine rings is 1. The number of H-pyrrole nitrogens is 1. The maximum atomic E-state index is 15.8. The Kier molecular flexibility index (Phi) is 12.2. The molecule has 0 bridgehead atoms. The highest BCUT2D eigenvalue weighted by atomic mass is 35.5. The molecular formula is C49H53ClFN9O6S. The normalized spacial score (nSPS) is 19.4.